The van der Waals surface area contributed by atoms with Crippen molar-refractivity contribution in [1.82, 2.24) is 10.2 Å². The van der Waals surface area contributed by atoms with E-state index in [1.807, 2.05) is 12.1 Å². The molecule has 0 bridgehead atoms. The highest BCUT2D eigenvalue weighted by Crippen LogP contribution is 2.39. The number of aromatic nitrogens is 2. The molecule has 0 aliphatic carbocycles. The molecule has 8 heteroatoms. The number of rotatable bonds is 3. The van der Waals surface area contributed by atoms with Gasteiger partial charge in [0.15, 0.2) is 4.34 Å². The van der Waals surface area contributed by atoms with Crippen LogP contribution in [0.2, 0.25) is 10.0 Å². The minimum Gasteiger partial charge on any atom is -0.345 e. The number of benzene rings is 1. The molecule has 1 aliphatic rings. The van der Waals surface area contributed by atoms with Gasteiger partial charge in [-0.05, 0) is 31.9 Å². The van der Waals surface area contributed by atoms with Gasteiger partial charge in [-0.3, -0.25) is 0 Å². The van der Waals surface area contributed by atoms with Crippen molar-refractivity contribution in [1.29, 1.82) is 0 Å². The van der Waals surface area contributed by atoms with Crippen LogP contribution in [0.15, 0.2) is 27.4 Å². The maximum Gasteiger partial charge on any atom is 0.209 e. The molecule has 118 valence electrons. The van der Waals surface area contributed by atoms with E-state index in [2.05, 4.69) is 22.0 Å². The molecule has 0 saturated carbocycles. The molecule has 0 amide bonds. The SMILES string of the molecule is CC1(N)CCCN(c2nnc(Sc3cccc(Cl)c3Cl)s2)C1. The van der Waals surface area contributed by atoms with Crippen LogP contribution in [0.4, 0.5) is 5.13 Å². The lowest BCUT2D eigenvalue weighted by Gasteiger charge is -2.37. The maximum absolute atomic E-state index is 6.25. The highest BCUT2D eigenvalue weighted by Gasteiger charge is 2.28. The summed E-state index contributed by atoms with van der Waals surface area (Å²) in [6.07, 6.45) is 2.12. The maximum atomic E-state index is 6.25. The molecule has 2 aromatic rings. The van der Waals surface area contributed by atoms with Crippen molar-refractivity contribution in [2.24, 2.45) is 5.73 Å². The number of anilines is 1. The van der Waals surface area contributed by atoms with Crippen molar-refractivity contribution in [3.8, 4) is 0 Å². The van der Waals surface area contributed by atoms with Crippen LogP contribution in [0.1, 0.15) is 19.8 Å². The molecular formula is C14H16Cl2N4S2. The molecule has 1 fully saturated rings. The van der Waals surface area contributed by atoms with Crippen LogP contribution in [0.25, 0.3) is 0 Å². The van der Waals surface area contributed by atoms with Crippen LogP contribution in [0.3, 0.4) is 0 Å². The average molecular weight is 375 g/mol. The van der Waals surface area contributed by atoms with E-state index in [0.29, 0.717) is 10.0 Å². The summed E-state index contributed by atoms with van der Waals surface area (Å²) >= 11 is 15.3. The minimum absolute atomic E-state index is 0.159. The van der Waals surface area contributed by atoms with E-state index in [1.54, 1.807) is 17.4 Å². The zero-order valence-corrected chi connectivity index (χ0v) is 15.2. The van der Waals surface area contributed by atoms with Crippen LogP contribution in [-0.4, -0.2) is 28.8 Å². The Hall–Kier alpha value is -0.530. The Bertz CT molecular complexity index is 675. The topological polar surface area (TPSA) is 55.0 Å². The Balaban J connectivity index is 1.75. The highest BCUT2D eigenvalue weighted by atomic mass is 35.5. The van der Waals surface area contributed by atoms with Crippen LogP contribution < -0.4 is 10.6 Å². The molecule has 4 nitrogen and oxygen atoms in total. The number of halogens is 2. The second kappa shape index (κ2) is 6.53. The van der Waals surface area contributed by atoms with Crippen molar-refractivity contribution >= 4 is 51.4 Å². The third-order valence-corrected chi connectivity index (χ3v) is 6.53. The van der Waals surface area contributed by atoms with E-state index in [1.165, 1.54) is 11.8 Å². The molecule has 1 aromatic carbocycles. The number of piperidine rings is 1. The van der Waals surface area contributed by atoms with E-state index in [-0.39, 0.29) is 5.54 Å². The molecule has 1 aromatic heterocycles. The van der Waals surface area contributed by atoms with E-state index in [4.69, 9.17) is 28.9 Å². The second-order valence-corrected chi connectivity index (χ2v) is 8.71. The number of nitrogens with two attached hydrogens (primary N) is 1. The van der Waals surface area contributed by atoms with Gasteiger partial charge < -0.3 is 10.6 Å². The Morgan fingerprint density at radius 3 is 2.95 bits per heavy atom. The molecule has 2 N–H and O–H groups in total. The normalized spacial score (nSPS) is 22.1. The molecule has 1 unspecified atom stereocenters. The summed E-state index contributed by atoms with van der Waals surface area (Å²) < 4.78 is 0.850. The lowest BCUT2D eigenvalue weighted by atomic mass is 9.93. The number of hydrogen-bond donors (Lipinski definition) is 1. The quantitative estimate of drug-likeness (QED) is 0.866. The fourth-order valence-corrected chi connectivity index (χ4v) is 4.81. The monoisotopic (exact) mass is 374 g/mol. The Morgan fingerprint density at radius 1 is 1.36 bits per heavy atom. The van der Waals surface area contributed by atoms with Crippen molar-refractivity contribution in [2.45, 2.75) is 34.5 Å². The minimum atomic E-state index is -0.159. The van der Waals surface area contributed by atoms with Crippen LogP contribution >= 0.6 is 46.3 Å². The third kappa shape index (κ3) is 3.68. The Morgan fingerprint density at radius 2 is 2.18 bits per heavy atom. The van der Waals surface area contributed by atoms with Gasteiger partial charge in [0, 0.05) is 23.5 Å². The first kappa shape index (κ1) is 16.3. The van der Waals surface area contributed by atoms with E-state index in [9.17, 15) is 0 Å². The summed E-state index contributed by atoms with van der Waals surface area (Å²) in [4.78, 5) is 3.10. The Labute approximate surface area is 148 Å². The fraction of sp³-hybridized carbons (Fsp3) is 0.429. The van der Waals surface area contributed by atoms with Gasteiger partial charge in [-0.2, -0.15) is 0 Å². The third-order valence-electron chi connectivity index (χ3n) is 3.51. The number of hydrogen-bond acceptors (Lipinski definition) is 6. The molecule has 1 atom stereocenters. The number of nitrogens with zero attached hydrogens (tertiary/aromatic N) is 3. The summed E-state index contributed by atoms with van der Waals surface area (Å²) in [6, 6.07) is 5.58. The van der Waals surface area contributed by atoms with Crippen molar-refractivity contribution in [3.05, 3.63) is 28.2 Å². The van der Waals surface area contributed by atoms with Crippen molar-refractivity contribution < 1.29 is 0 Å². The fourth-order valence-electron chi connectivity index (χ4n) is 2.46. The largest absolute Gasteiger partial charge is 0.345 e. The lowest BCUT2D eigenvalue weighted by molar-refractivity contribution is 0.374. The van der Waals surface area contributed by atoms with Crippen molar-refractivity contribution in [3.63, 3.8) is 0 Å². The van der Waals surface area contributed by atoms with Gasteiger partial charge in [0.2, 0.25) is 5.13 Å². The predicted molar refractivity (Wildman–Crippen MR) is 94.5 cm³/mol. The van der Waals surface area contributed by atoms with Gasteiger partial charge in [0.1, 0.15) is 0 Å². The first-order valence-corrected chi connectivity index (χ1v) is 9.33. The molecular weight excluding hydrogens is 359 g/mol. The van der Waals surface area contributed by atoms with Gasteiger partial charge in [-0.15, -0.1) is 10.2 Å². The van der Waals surface area contributed by atoms with Crippen LogP contribution in [-0.2, 0) is 0 Å². The summed E-state index contributed by atoms with van der Waals surface area (Å²) in [5, 5.41) is 10.6. The van der Waals surface area contributed by atoms with E-state index in [0.717, 1.165) is 40.3 Å². The zero-order chi connectivity index (χ0) is 15.7. The molecule has 2 heterocycles. The van der Waals surface area contributed by atoms with Gasteiger partial charge in [-0.25, -0.2) is 0 Å². The zero-order valence-electron chi connectivity index (χ0n) is 12.1. The predicted octanol–water partition coefficient (Wildman–Crippen LogP) is 4.31. The Kier molecular flexibility index (Phi) is 4.85. The summed E-state index contributed by atoms with van der Waals surface area (Å²) in [5.41, 5.74) is 6.09. The van der Waals surface area contributed by atoms with E-state index >= 15 is 0 Å². The van der Waals surface area contributed by atoms with Crippen molar-refractivity contribution in [2.75, 3.05) is 18.0 Å². The molecule has 1 aliphatic heterocycles. The molecule has 3 rings (SSSR count). The standard InChI is InChI=1S/C14H16Cl2N4S2/c1-14(17)6-3-7-20(8-14)12-18-19-13(22-12)21-10-5-2-4-9(15)11(10)16/h2,4-5H,3,6-8,17H2,1H3. The lowest BCUT2D eigenvalue weighted by Crippen LogP contribution is -2.52. The molecule has 0 radical (unpaired) electrons. The van der Waals surface area contributed by atoms with Gasteiger partial charge >= 0.3 is 0 Å². The molecule has 22 heavy (non-hydrogen) atoms. The first-order chi connectivity index (χ1) is 10.4. The highest BCUT2D eigenvalue weighted by molar-refractivity contribution is 8.01. The van der Waals surface area contributed by atoms with Gasteiger partial charge in [0.05, 0.1) is 10.0 Å². The van der Waals surface area contributed by atoms with Gasteiger partial charge in [0.25, 0.3) is 0 Å². The molecule has 0 spiro atoms. The average Bonchev–Trinajstić information content (AvgIpc) is 2.91. The summed E-state index contributed by atoms with van der Waals surface area (Å²) in [7, 11) is 0. The van der Waals surface area contributed by atoms with Gasteiger partial charge in [-0.1, -0.05) is 52.4 Å². The smallest absolute Gasteiger partial charge is 0.209 e. The van der Waals surface area contributed by atoms with Crippen LogP contribution in [0.5, 0.6) is 0 Å². The van der Waals surface area contributed by atoms with Crippen LogP contribution in [0, 0.1) is 0 Å². The summed E-state index contributed by atoms with van der Waals surface area (Å²) in [5.74, 6) is 0. The van der Waals surface area contributed by atoms with E-state index < -0.39 is 0 Å². The molecule has 1 saturated heterocycles. The first-order valence-electron chi connectivity index (χ1n) is 6.94. The summed E-state index contributed by atoms with van der Waals surface area (Å²) in [6.45, 7) is 3.87. The second-order valence-electron chi connectivity index (χ2n) is 5.68.